The number of halogens is 3. The summed E-state index contributed by atoms with van der Waals surface area (Å²) in [5.74, 6) is 0. The van der Waals surface area contributed by atoms with E-state index in [-0.39, 0.29) is 10.0 Å². The lowest BCUT2D eigenvalue weighted by Gasteiger charge is -2.00. The average Bonchev–Trinajstić information content (AvgIpc) is 1.82. The van der Waals surface area contributed by atoms with E-state index in [1.807, 2.05) is 0 Å². The van der Waals surface area contributed by atoms with Crippen molar-refractivity contribution in [3.63, 3.8) is 0 Å². The highest BCUT2D eigenvalue weighted by Gasteiger charge is 2.19. The molecule has 0 fully saturated rings. The molecule has 3 nitrogen and oxygen atoms in total. The summed E-state index contributed by atoms with van der Waals surface area (Å²) in [6.45, 7) is 0. The molecule has 0 amide bonds. The molecule has 1 rings (SSSR count). The summed E-state index contributed by atoms with van der Waals surface area (Å²) in [5, 5.41) is -0.139. The Hall–Kier alpha value is 0.160. The maximum absolute atomic E-state index is 10.9. The first kappa shape index (κ1) is 10.2. The highest BCUT2D eigenvalue weighted by atomic mass is 79.9. The first-order valence-electron chi connectivity index (χ1n) is 2.67. The van der Waals surface area contributed by atoms with E-state index in [2.05, 4.69) is 20.9 Å². The number of hydrogen-bond acceptors (Lipinski definition) is 3. The van der Waals surface area contributed by atoms with Crippen LogP contribution in [0, 0.1) is 0 Å². The van der Waals surface area contributed by atoms with E-state index in [9.17, 15) is 8.42 Å². The topological polar surface area (TPSA) is 47.0 Å². The fourth-order valence-electron chi connectivity index (χ4n) is 0.618. The number of hydrogen-bond donors (Lipinski definition) is 0. The minimum Gasteiger partial charge on any atom is -0.243 e. The Morgan fingerprint density at radius 2 is 2.08 bits per heavy atom. The third-order valence-corrected chi connectivity index (χ3v) is 3.74. The van der Waals surface area contributed by atoms with Crippen molar-refractivity contribution in [1.29, 1.82) is 0 Å². The van der Waals surface area contributed by atoms with Crippen LogP contribution in [0.1, 0.15) is 0 Å². The van der Waals surface area contributed by atoms with Crippen molar-refractivity contribution in [2.75, 3.05) is 0 Å². The molecule has 1 heterocycles. The smallest absolute Gasteiger partial charge is 0.243 e. The van der Waals surface area contributed by atoms with Gasteiger partial charge in [-0.05, 0) is 22.0 Å². The zero-order valence-electron chi connectivity index (χ0n) is 5.46. The monoisotopic (exact) mass is 289 g/mol. The van der Waals surface area contributed by atoms with Crippen LogP contribution in [0.5, 0.6) is 0 Å². The van der Waals surface area contributed by atoms with E-state index in [1.165, 1.54) is 12.3 Å². The summed E-state index contributed by atoms with van der Waals surface area (Å²) in [4.78, 5) is 3.38. The predicted molar refractivity (Wildman–Crippen MR) is 50.0 cm³/mol. The van der Waals surface area contributed by atoms with Gasteiger partial charge in [0.2, 0.25) is 0 Å². The Bertz CT molecular complexity index is 386. The minimum atomic E-state index is -3.83. The van der Waals surface area contributed by atoms with Crippen LogP contribution in [0.3, 0.4) is 0 Å². The second kappa shape index (κ2) is 3.49. The molecule has 0 spiro atoms. The molecule has 0 aliphatic carbocycles. The lowest BCUT2D eigenvalue weighted by Crippen LogP contribution is -1.94. The predicted octanol–water partition coefficient (Wildman–Crippen LogP) is 2.43. The van der Waals surface area contributed by atoms with E-state index < -0.39 is 9.05 Å². The van der Waals surface area contributed by atoms with Gasteiger partial charge in [0.15, 0.2) is 0 Å². The molecule has 0 saturated carbocycles. The highest BCUT2D eigenvalue weighted by Crippen LogP contribution is 2.29. The average molecular weight is 291 g/mol. The molecule has 0 unspecified atom stereocenters. The molecule has 0 bridgehead atoms. The molecule has 0 saturated heterocycles. The molecular formula is C5H2BrCl2NO2S. The summed E-state index contributed by atoms with van der Waals surface area (Å²) in [7, 11) is 1.25. The van der Waals surface area contributed by atoms with Crippen LogP contribution >= 0.6 is 38.2 Å². The first-order chi connectivity index (χ1) is 5.43. The molecular weight excluding hydrogens is 289 g/mol. The van der Waals surface area contributed by atoms with Crippen LogP contribution in [-0.4, -0.2) is 13.4 Å². The summed E-state index contributed by atoms with van der Waals surface area (Å²) >= 11 is 8.50. The summed E-state index contributed by atoms with van der Waals surface area (Å²) in [5.41, 5.74) is 0. The Kier molecular flexibility index (Phi) is 2.98. The van der Waals surface area contributed by atoms with Gasteiger partial charge < -0.3 is 0 Å². The van der Waals surface area contributed by atoms with Crippen LogP contribution in [0.15, 0.2) is 21.6 Å². The van der Waals surface area contributed by atoms with E-state index in [4.69, 9.17) is 22.3 Å². The van der Waals surface area contributed by atoms with E-state index in [0.717, 1.165) is 0 Å². The summed E-state index contributed by atoms with van der Waals surface area (Å²) in [6, 6.07) is 1.45. The van der Waals surface area contributed by atoms with E-state index in [1.54, 1.807) is 0 Å². The summed E-state index contributed by atoms with van der Waals surface area (Å²) < 4.78 is 22.1. The van der Waals surface area contributed by atoms with Gasteiger partial charge in [0, 0.05) is 21.4 Å². The van der Waals surface area contributed by atoms with Crippen LogP contribution in [-0.2, 0) is 9.05 Å². The van der Waals surface area contributed by atoms with E-state index in [0.29, 0.717) is 4.47 Å². The molecule has 0 aliphatic rings. The minimum absolute atomic E-state index is 0.139. The standard InChI is InChI=1S/C5H2BrCl2NO2S/c6-3-1-2-9-5(7)4(3)12(8,10)11/h1-2H. The second-order valence-electron chi connectivity index (χ2n) is 1.85. The van der Waals surface area contributed by atoms with Crippen molar-refractivity contribution in [2.45, 2.75) is 4.90 Å². The van der Waals surface area contributed by atoms with Crippen LogP contribution < -0.4 is 0 Å². The van der Waals surface area contributed by atoms with Crippen molar-refractivity contribution in [3.05, 3.63) is 21.9 Å². The first-order valence-corrected chi connectivity index (χ1v) is 6.15. The molecule has 1 aromatic heterocycles. The highest BCUT2D eigenvalue weighted by molar-refractivity contribution is 9.10. The van der Waals surface area contributed by atoms with Crippen molar-refractivity contribution in [1.82, 2.24) is 4.98 Å². The number of rotatable bonds is 1. The number of pyridine rings is 1. The van der Waals surface area contributed by atoms with Crippen molar-refractivity contribution in [3.8, 4) is 0 Å². The maximum atomic E-state index is 10.9. The van der Waals surface area contributed by atoms with Gasteiger partial charge in [0.05, 0.1) is 0 Å². The van der Waals surface area contributed by atoms with Crippen LogP contribution in [0.4, 0.5) is 0 Å². The van der Waals surface area contributed by atoms with Gasteiger partial charge in [-0.1, -0.05) is 11.6 Å². The molecule has 12 heavy (non-hydrogen) atoms. The zero-order valence-corrected chi connectivity index (χ0v) is 9.37. The van der Waals surface area contributed by atoms with Gasteiger partial charge in [-0.3, -0.25) is 0 Å². The van der Waals surface area contributed by atoms with E-state index >= 15 is 0 Å². The van der Waals surface area contributed by atoms with Crippen molar-refractivity contribution >= 4 is 47.3 Å². The van der Waals surface area contributed by atoms with Crippen molar-refractivity contribution in [2.24, 2.45) is 0 Å². The SMILES string of the molecule is O=S(=O)(Cl)c1c(Br)ccnc1Cl. The molecule has 1 aromatic rings. The molecule has 0 radical (unpaired) electrons. The van der Waals surface area contributed by atoms with Gasteiger partial charge in [0.1, 0.15) is 10.0 Å². The van der Waals surface area contributed by atoms with Gasteiger partial charge in [-0.25, -0.2) is 13.4 Å². The molecule has 7 heteroatoms. The van der Waals surface area contributed by atoms with Gasteiger partial charge >= 0.3 is 0 Å². The fraction of sp³-hybridized carbons (Fsp3) is 0. The molecule has 0 N–H and O–H groups in total. The fourth-order valence-corrected chi connectivity index (χ4v) is 3.56. The normalized spacial score (nSPS) is 11.6. The zero-order chi connectivity index (χ0) is 9.35. The molecule has 66 valence electrons. The molecule has 0 atom stereocenters. The van der Waals surface area contributed by atoms with Crippen LogP contribution in [0.2, 0.25) is 5.15 Å². The Morgan fingerprint density at radius 1 is 1.50 bits per heavy atom. The van der Waals surface area contributed by atoms with Crippen molar-refractivity contribution < 1.29 is 8.42 Å². The second-order valence-corrected chi connectivity index (χ2v) is 5.57. The number of nitrogens with zero attached hydrogens (tertiary/aromatic N) is 1. The third kappa shape index (κ3) is 2.10. The largest absolute Gasteiger partial charge is 0.265 e. The molecule has 0 aliphatic heterocycles. The van der Waals surface area contributed by atoms with Crippen LogP contribution in [0.25, 0.3) is 0 Å². The number of aromatic nitrogens is 1. The quantitative estimate of drug-likeness (QED) is 0.589. The van der Waals surface area contributed by atoms with Gasteiger partial charge in [0.25, 0.3) is 9.05 Å². The Labute approximate surface area is 87.3 Å². The maximum Gasteiger partial charge on any atom is 0.265 e. The molecule has 0 aromatic carbocycles. The lowest BCUT2D eigenvalue weighted by atomic mass is 10.5. The third-order valence-electron chi connectivity index (χ3n) is 1.06. The lowest BCUT2D eigenvalue weighted by molar-refractivity contribution is 0.609. The Balaban J connectivity index is 3.53. The summed E-state index contributed by atoms with van der Waals surface area (Å²) in [6.07, 6.45) is 1.37. The van der Waals surface area contributed by atoms with Gasteiger partial charge in [-0.15, -0.1) is 0 Å². The Morgan fingerprint density at radius 3 is 2.42 bits per heavy atom. The van der Waals surface area contributed by atoms with Gasteiger partial charge in [-0.2, -0.15) is 0 Å².